The molecule has 0 saturated heterocycles. The summed E-state index contributed by atoms with van der Waals surface area (Å²) in [5.41, 5.74) is 4.25. The van der Waals surface area contributed by atoms with Gasteiger partial charge in [0.1, 0.15) is 12.9 Å². The predicted octanol–water partition coefficient (Wildman–Crippen LogP) is 1.44. The van der Waals surface area contributed by atoms with Crippen LogP contribution in [-0.2, 0) is 11.3 Å². The van der Waals surface area contributed by atoms with Gasteiger partial charge in [-0.15, -0.1) is 0 Å². The van der Waals surface area contributed by atoms with Gasteiger partial charge in [0.05, 0.1) is 11.9 Å². The molecule has 4 aromatic rings. The standard InChI is InChI=1S/C21H16N6O4/c28-19(25-23-10-14-6-7-17-18(8-14)31-13-30-17)11-26-16(15-4-2-1-3-5-15)9-20(29)27-21(26)22-12-24-27/h1-10,12H,11,13H2,(H,25,28)/b23-10-. The smallest absolute Gasteiger partial charge is 0.276 e. The van der Waals surface area contributed by atoms with E-state index < -0.39 is 0 Å². The zero-order valence-electron chi connectivity index (χ0n) is 16.1. The number of hydrogen-bond acceptors (Lipinski definition) is 7. The minimum Gasteiger partial charge on any atom is -0.454 e. The van der Waals surface area contributed by atoms with Crippen LogP contribution in [0, 0.1) is 0 Å². The second-order valence-corrected chi connectivity index (χ2v) is 6.70. The van der Waals surface area contributed by atoms with E-state index >= 15 is 0 Å². The number of amides is 1. The molecule has 1 aliphatic rings. The van der Waals surface area contributed by atoms with E-state index in [1.54, 1.807) is 22.8 Å². The van der Waals surface area contributed by atoms with Crippen molar-refractivity contribution >= 4 is 17.9 Å². The number of benzene rings is 2. The van der Waals surface area contributed by atoms with Crippen molar-refractivity contribution in [2.24, 2.45) is 5.10 Å². The Morgan fingerprint density at radius 3 is 2.84 bits per heavy atom. The summed E-state index contributed by atoms with van der Waals surface area (Å²) in [6, 6.07) is 16.1. The van der Waals surface area contributed by atoms with Gasteiger partial charge in [0.15, 0.2) is 11.5 Å². The van der Waals surface area contributed by atoms with E-state index in [-0.39, 0.29) is 30.6 Å². The van der Waals surface area contributed by atoms with Crippen molar-refractivity contribution in [3.05, 3.63) is 76.8 Å². The van der Waals surface area contributed by atoms with Gasteiger partial charge in [-0.3, -0.25) is 9.59 Å². The summed E-state index contributed by atoms with van der Waals surface area (Å²) >= 11 is 0. The average Bonchev–Trinajstić information content (AvgIpc) is 3.46. The molecule has 2 aromatic heterocycles. The lowest BCUT2D eigenvalue weighted by molar-refractivity contribution is -0.121. The summed E-state index contributed by atoms with van der Waals surface area (Å²) in [7, 11) is 0. The van der Waals surface area contributed by atoms with Crippen LogP contribution in [0.25, 0.3) is 17.0 Å². The molecule has 0 radical (unpaired) electrons. The summed E-state index contributed by atoms with van der Waals surface area (Å²) in [5, 5.41) is 7.95. The Balaban J connectivity index is 1.39. The Kier molecular flexibility index (Phi) is 4.64. The van der Waals surface area contributed by atoms with E-state index in [9.17, 15) is 9.59 Å². The molecule has 2 aromatic carbocycles. The summed E-state index contributed by atoms with van der Waals surface area (Å²) in [4.78, 5) is 29.1. The van der Waals surface area contributed by atoms with Crippen molar-refractivity contribution in [2.45, 2.75) is 6.54 Å². The third-order valence-corrected chi connectivity index (χ3v) is 4.70. The quantitative estimate of drug-likeness (QED) is 0.389. The molecule has 1 N–H and O–H groups in total. The third kappa shape index (κ3) is 3.62. The lowest BCUT2D eigenvalue weighted by Crippen LogP contribution is -2.27. The van der Waals surface area contributed by atoms with Crippen molar-refractivity contribution < 1.29 is 14.3 Å². The average molecular weight is 416 g/mol. The van der Waals surface area contributed by atoms with Gasteiger partial charge in [-0.05, 0) is 29.3 Å². The highest BCUT2D eigenvalue weighted by Crippen LogP contribution is 2.31. The Labute approximate surface area is 175 Å². The summed E-state index contributed by atoms with van der Waals surface area (Å²) in [6.45, 7) is 0.0814. The first-order chi connectivity index (χ1) is 15.2. The fourth-order valence-corrected chi connectivity index (χ4v) is 3.29. The molecule has 5 rings (SSSR count). The molecule has 31 heavy (non-hydrogen) atoms. The fourth-order valence-electron chi connectivity index (χ4n) is 3.29. The van der Waals surface area contributed by atoms with Crippen LogP contribution in [0.4, 0.5) is 0 Å². The van der Waals surface area contributed by atoms with E-state index in [1.165, 1.54) is 18.6 Å². The van der Waals surface area contributed by atoms with Gasteiger partial charge in [0, 0.05) is 6.07 Å². The number of ether oxygens (including phenoxy) is 2. The minimum atomic E-state index is -0.386. The first-order valence-corrected chi connectivity index (χ1v) is 9.39. The molecule has 0 unspecified atom stereocenters. The SMILES string of the molecule is O=C(Cn1c(-c2ccccc2)cc(=O)n2ncnc12)N/N=C\c1ccc2c(c1)OCO2. The van der Waals surface area contributed by atoms with Crippen LogP contribution in [0.15, 0.2) is 70.8 Å². The maximum atomic E-state index is 12.6. The van der Waals surface area contributed by atoms with Gasteiger partial charge in [0.25, 0.3) is 11.5 Å². The molecule has 0 atom stereocenters. The zero-order chi connectivity index (χ0) is 21.2. The van der Waals surface area contributed by atoms with Gasteiger partial charge in [-0.25, -0.2) is 5.43 Å². The second kappa shape index (κ2) is 7.75. The molecule has 0 aliphatic carbocycles. The molecule has 1 amide bonds. The van der Waals surface area contributed by atoms with Crippen molar-refractivity contribution in [3.63, 3.8) is 0 Å². The molecule has 3 heterocycles. The molecule has 154 valence electrons. The molecule has 0 saturated carbocycles. The van der Waals surface area contributed by atoms with Gasteiger partial charge in [-0.1, -0.05) is 30.3 Å². The molecule has 0 fully saturated rings. The number of hydrazone groups is 1. The largest absolute Gasteiger partial charge is 0.454 e. The highest BCUT2D eigenvalue weighted by atomic mass is 16.7. The van der Waals surface area contributed by atoms with Crippen LogP contribution in [0.5, 0.6) is 11.5 Å². The van der Waals surface area contributed by atoms with Crippen LogP contribution >= 0.6 is 0 Å². The van der Waals surface area contributed by atoms with Crippen molar-refractivity contribution in [3.8, 4) is 22.8 Å². The Bertz CT molecular complexity index is 1360. The summed E-state index contributed by atoms with van der Waals surface area (Å²) in [6.07, 6.45) is 2.79. The number of aromatic nitrogens is 4. The van der Waals surface area contributed by atoms with Crippen LogP contribution in [0.3, 0.4) is 0 Å². The number of carbonyl (C=O) groups excluding carboxylic acids is 1. The first-order valence-electron chi connectivity index (χ1n) is 9.39. The second-order valence-electron chi connectivity index (χ2n) is 6.70. The number of nitrogens with zero attached hydrogens (tertiary/aromatic N) is 5. The monoisotopic (exact) mass is 416 g/mol. The van der Waals surface area contributed by atoms with Gasteiger partial charge >= 0.3 is 0 Å². The van der Waals surface area contributed by atoms with E-state index in [0.717, 1.165) is 15.6 Å². The number of rotatable bonds is 5. The van der Waals surface area contributed by atoms with Crippen molar-refractivity contribution in [1.82, 2.24) is 24.6 Å². The summed E-state index contributed by atoms with van der Waals surface area (Å²) in [5.74, 6) is 1.18. The molecular weight excluding hydrogens is 400 g/mol. The van der Waals surface area contributed by atoms with E-state index in [4.69, 9.17) is 9.47 Å². The van der Waals surface area contributed by atoms with Crippen molar-refractivity contribution in [1.29, 1.82) is 0 Å². The van der Waals surface area contributed by atoms with Crippen LogP contribution < -0.4 is 20.5 Å². The Morgan fingerprint density at radius 1 is 1.13 bits per heavy atom. The van der Waals surface area contributed by atoms with Crippen LogP contribution in [-0.4, -0.2) is 38.1 Å². The first kappa shape index (κ1) is 18.6. The normalized spacial score (nSPS) is 12.5. The van der Waals surface area contributed by atoms with Crippen LogP contribution in [0.1, 0.15) is 5.56 Å². The molecule has 1 aliphatic heterocycles. The number of nitrogens with one attached hydrogen (secondary N) is 1. The molecule has 10 heteroatoms. The summed E-state index contributed by atoms with van der Waals surface area (Å²) < 4.78 is 13.4. The van der Waals surface area contributed by atoms with Gasteiger partial charge in [-0.2, -0.15) is 19.7 Å². The zero-order valence-corrected chi connectivity index (χ0v) is 16.1. The Morgan fingerprint density at radius 2 is 1.97 bits per heavy atom. The van der Waals surface area contributed by atoms with Crippen molar-refractivity contribution in [2.75, 3.05) is 6.79 Å². The third-order valence-electron chi connectivity index (χ3n) is 4.70. The van der Waals surface area contributed by atoms with E-state index in [1.807, 2.05) is 30.3 Å². The van der Waals surface area contributed by atoms with E-state index in [2.05, 4.69) is 20.6 Å². The molecule has 0 bridgehead atoms. The highest BCUT2D eigenvalue weighted by molar-refractivity contribution is 5.83. The fraction of sp³-hybridized carbons (Fsp3) is 0.0952. The maximum absolute atomic E-state index is 12.6. The number of carbonyl (C=O) groups is 1. The maximum Gasteiger partial charge on any atom is 0.276 e. The van der Waals surface area contributed by atoms with Crippen LogP contribution in [0.2, 0.25) is 0 Å². The molecule has 0 spiro atoms. The lowest BCUT2D eigenvalue weighted by atomic mass is 10.1. The number of fused-ring (bicyclic) bond motifs is 2. The van der Waals surface area contributed by atoms with Gasteiger partial charge < -0.3 is 14.0 Å². The molecule has 10 nitrogen and oxygen atoms in total. The number of hydrogen-bond donors (Lipinski definition) is 1. The predicted molar refractivity (Wildman–Crippen MR) is 111 cm³/mol. The Hall–Kier alpha value is -4.47. The minimum absolute atomic E-state index is 0.106. The van der Waals surface area contributed by atoms with Gasteiger partial charge in [0.2, 0.25) is 12.6 Å². The topological polar surface area (TPSA) is 112 Å². The van der Waals surface area contributed by atoms with E-state index in [0.29, 0.717) is 17.2 Å². The highest BCUT2D eigenvalue weighted by Gasteiger charge is 2.15. The lowest BCUT2D eigenvalue weighted by Gasteiger charge is -2.13. The molecular formula is C21H16N6O4.